The molecular formula is C19H16BrN3. The Kier molecular flexibility index (Phi) is 3.27. The van der Waals surface area contributed by atoms with Gasteiger partial charge in [-0.1, -0.05) is 34.1 Å². The Labute approximate surface area is 142 Å². The van der Waals surface area contributed by atoms with Crippen LogP contribution in [-0.2, 0) is 6.54 Å². The topological polar surface area (TPSA) is 57.0 Å². The SMILES string of the molecule is Nc1ccc2c(c1)c1cc(N)ccc1n2Cc1ccccc1Br. The van der Waals surface area contributed by atoms with Crippen LogP contribution in [0, 0.1) is 0 Å². The van der Waals surface area contributed by atoms with Gasteiger partial charge in [0.2, 0.25) is 0 Å². The second kappa shape index (κ2) is 5.32. The van der Waals surface area contributed by atoms with Gasteiger partial charge >= 0.3 is 0 Å². The molecule has 0 unspecified atom stereocenters. The van der Waals surface area contributed by atoms with Gasteiger partial charge in [-0.05, 0) is 48.0 Å². The summed E-state index contributed by atoms with van der Waals surface area (Å²) in [6, 6.07) is 20.4. The van der Waals surface area contributed by atoms with Gasteiger partial charge in [-0.25, -0.2) is 0 Å². The average Bonchev–Trinajstić information content (AvgIpc) is 2.82. The molecule has 0 amide bonds. The minimum atomic E-state index is 0.764. The minimum Gasteiger partial charge on any atom is -0.399 e. The fourth-order valence-corrected chi connectivity index (χ4v) is 3.52. The summed E-state index contributed by atoms with van der Waals surface area (Å²) in [5.74, 6) is 0. The molecule has 0 saturated heterocycles. The fraction of sp³-hybridized carbons (Fsp3) is 0.0526. The summed E-state index contributed by atoms with van der Waals surface area (Å²) < 4.78 is 3.42. The molecule has 0 atom stereocenters. The van der Waals surface area contributed by atoms with Crippen molar-refractivity contribution in [1.29, 1.82) is 0 Å². The summed E-state index contributed by atoms with van der Waals surface area (Å²) in [5, 5.41) is 2.28. The van der Waals surface area contributed by atoms with Crippen LogP contribution in [0.25, 0.3) is 21.8 Å². The predicted molar refractivity (Wildman–Crippen MR) is 102 cm³/mol. The summed E-state index contributed by atoms with van der Waals surface area (Å²) in [7, 11) is 0. The molecule has 1 heterocycles. The number of hydrogen-bond acceptors (Lipinski definition) is 2. The third-order valence-electron chi connectivity index (χ3n) is 4.20. The maximum atomic E-state index is 5.99. The van der Waals surface area contributed by atoms with Crippen LogP contribution in [0.5, 0.6) is 0 Å². The smallest absolute Gasteiger partial charge is 0.0496 e. The van der Waals surface area contributed by atoms with E-state index < -0.39 is 0 Å². The van der Waals surface area contributed by atoms with Gasteiger partial charge in [-0.2, -0.15) is 0 Å². The molecule has 23 heavy (non-hydrogen) atoms. The molecular weight excluding hydrogens is 350 g/mol. The largest absolute Gasteiger partial charge is 0.399 e. The number of nitrogens with two attached hydrogens (primary N) is 2. The maximum absolute atomic E-state index is 5.99. The molecule has 0 fully saturated rings. The highest BCUT2D eigenvalue weighted by atomic mass is 79.9. The molecule has 3 nitrogen and oxygen atoms in total. The lowest BCUT2D eigenvalue weighted by Crippen LogP contribution is -2.00. The normalized spacial score (nSPS) is 11.3. The highest BCUT2D eigenvalue weighted by Crippen LogP contribution is 2.33. The second-order valence-corrected chi connectivity index (χ2v) is 6.59. The van der Waals surface area contributed by atoms with E-state index in [-0.39, 0.29) is 0 Å². The first-order valence-electron chi connectivity index (χ1n) is 7.44. The van der Waals surface area contributed by atoms with Crippen molar-refractivity contribution in [3.05, 3.63) is 70.7 Å². The Hall–Kier alpha value is -2.46. The quantitative estimate of drug-likeness (QED) is 0.502. The van der Waals surface area contributed by atoms with Crippen LogP contribution >= 0.6 is 15.9 Å². The first-order chi connectivity index (χ1) is 11.1. The number of anilines is 2. The molecule has 114 valence electrons. The standard InChI is InChI=1S/C19H16BrN3/c20-17-4-2-1-3-12(17)11-23-18-7-5-13(21)9-15(18)16-10-14(22)6-8-19(16)23/h1-10H,11,21-22H2. The Balaban J connectivity index is 2.02. The number of halogens is 1. The third kappa shape index (κ3) is 2.35. The Bertz CT molecular complexity index is 974. The molecule has 0 aliphatic rings. The molecule has 1 aromatic heterocycles. The maximum Gasteiger partial charge on any atom is 0.0496 e. The van der Waals surface area contributed by atoms with Crippen LogP contribution in [0.1, 0.15) is 5.56 Å². The first-order valence-corrected chi connectivity index (χ1v) is 8.23. The molecule has 0 aliphatic carbocycles. The number of benzene rings is 3. The first kappa shape index (κ1) is 14.2. The van der Waals surface area contributed by atoms with E-state index in [2.05, 4.69) is 50.8 Å². The summed E-state index contributed by atoms with van der Waals surface area (Å²) in [5.41, 5.74) is 17.1. The summed E-state index contributed by atoms with van der Waals surface area (Å²) >= 11 is 3.64. The van der Waals surface area contributed by atoms with Crippen molar-refractivity contribution >= 4 is 49.1 Å². The van der Waals surface area contributed by atoms with E-state index in [1.54, 1.807) is 0 Å². The number of aromatic nitrogens is 1. The molecule has 4 N–H and O–H groups in total. The van der Waals surface area contributed by atoms with Crippen LogP contribution in [0.3, 0.4) is 0 Å². The van der Waals surface area contributed by atoms with Crippen molar-refractivity contribution < 1.29 is 0 Å². The van der Waals surface area contributed by atoms with E-state index >= 15 is 0 Å². The molecule has 0 saturated carbocycles. The number of fused-ring (bicyclic) bond motifs is 3. The highest BCUT2D eigenvalue weighted by Gasteiger charge is 2.12. The van der Waals surface area contributed by atoms with E-state index in [0.717, 1.165) is 44.2 Å². The zero-order valence-corrected chi connectivity index (χ0v) is 14.0. The summed E-state index contributed by atoms with van der Waals surface area (Å²) in [6.45, 7) is 0.787. The molecule has 0 spiro atoms. The van der Waals surface area contributed by atoms with E-state index in [1.807, 2.05) is 30.3 Å². The Morgan fingerprint density at radius 2 is 1.35 bits per heavy atom. The Morgan fingerprint density at radius 1 is 0.783 bits per heavy atom. The molecule has 0 radical (unpaired) electrons. The van der Waals surface area contributed by atoms with E-state index in [1.165, 1.54) is 5.56 Å². The minimum absolute atomic E-state index is 0.764. The van der Waals surface area contributed by atoms with Gasteiger partial charge in [-0.3, -0.25) is 0 Å². The van der Waals surface area contributed by atoms with Crippen molar-refractivity contribution in [3.63, 3.8) is 0 Å². The lowest BCUT2D eigenvalue weighted by Gasteiger charge is -2.09. The predicted octanol–water partition coefficient (Wildman–Crippen LogP) is 4.77. The molecule has 4 aromatic rings. The summed E-state index contributed by atoms with van der Waals surface area (Å²) in [4.78, 5) is 0. The number of nitrogens with zero attached hydrogens (tertiary/aromatic N) is 1. The van der Waals surface area contributed by atoms with Crippen LogP contribution in [-0.4, -0.2) is 4.57 Å². The van der Waals surface area contributed by atoms with Crippen molar-refractivity contribution in [3.8, 4) is 0 Å². The number of hydrogen-bond donors (Lipinski definition) is 2. The Morgan fingerprint density at radius 3 is 1.91 bits per heavy atom. The molecule has 0 bridgehead atoms. The van der Waals surface area contributed by atoms with E-state index in [9.17, 15) is 0 Å². The monoisotopic (exact) mass is 365 g/mol. The molecule has 3 aromatic carbocycles. The van der Waals surface area contributed by atoms with E-state index in [4.69, 9.17) is 11.5 Å². The average molecular weight is 366 g/mol. The zero-order valence-electron chi connectivity index (χ0n) is 12.5. The van der Waals surface area contributed by atoms with E-state index in [0.29, 0.717) is 0 Å². The van der Waals surface area contributed by atoms with Crippen LogP contribution in [0.15, 0.2) is 65.1 Å². The lowest BCUT2D eigenvalue weighted by molar-refractivity contribution is 0.865. The van der Waals surface area contributed by atoms with Gasteiger partial charge in [-0.15, -0.1) is 0 Å². The third-order valence-corrected chi connectivity index (χ3v) is 4.97. The van der Waals surface area contributed by atoms with Gasteiger partial charge in [0.25, 0.3) is 0 Å². The van der Waals surface area contributed by atoms with Crippen molar-refractivity contribution in [2.75, 3.05) is 11.5 Å². The number of nitrogen functional groups attached to an aromatic ring is 2. The molecule has 4 heteroatoms. The van der Waals surface area contributed by atoms with Gasteiger partial charge in [0.15, 0.2) is 0 Å². The van der Waals surface area contributed by atoms with Crippen LogP contribution in [0.2, 0.25) is 0 Å². The fourth-order valence-electron chi connectivity index (χ4n) is 3.11. The number of rotatable bonds is 2. The van der Waals surface area contributed by atoms with Crippen molar-refractivity contribution in [2.24, 2.45) is 0 Å². The van der Waals surface area contributed by atoms with Crippen LogP contribution < -0.4 is 11.5 Å². The van der Waals surface area contributed by atoms with Gasteiger partial charge in [0, 0.05) is 44.2 Å². The van der Waals surface area contributed by atoms with Gasteiger partial charge in [0.05, 0.1) is 0 Å². The van der Waals surface area contributed by atoms with Crippen molar-refractivity contribution in [2.45, 2.75) is 6.54 Å². The van der Waals surface area contributed by atoms with Gasteiger partial charge in [0.1, 0.15) is 0 Å². The molecule has 4 rings (SSSR count). The van der Waals surface area contributed by atoms with Crippen LogP contribution in [0.4, 0.5) is 11.4 Å². The highest BCUT2D eigenvalue weighted by molar-refractivity contribution is 9.10. The van der Waals surface area contributed by atoms with Gasteiger partial charge < -0.3 is 16.0 Å². The van der Waals surface area contributed by atoms with Crippen molar-refractivity contribution in [1.82, 2.24) is 4.57 Å². The molecule has 0 aliphatic heterocycles. The zero-order chi connectivity index (χ0) is 16.0. The second-order valence-electron chi connectivity index (χ2n) is 5.73. The lowest BCUT2D eigenvalue weighted by atomic mass is 10.1. The summed E-state index contributed by atoms with van der Waals surface area (Å²) in [6.07, 6.45) is 0.